The minimum atomic E-state index is -0.373. The molecule has 0 aromatic carbocycles. The van der Waals surface area contributed by atoms with Crippen LogP contribution in [0.15, 0.2) is 12.4 Å². The number of carbonyl (C=O) groups is 1. The summed E-state index contributed by atoms with van der Waals surface area (Å²) >= 11 is 0. The molecule has 0 radical (unpaired) electrons. The largest absolute Gasteiger partial charge is 0.381 e. The molecular formula is C16H28N4O2. The minimum absolute atomic E-state index is 0.00123. The third kappa shape index (κ3) is 2.77. The summed E-state index contributed by atoms with van der Waals surface area (Å²) in [4.78, 5) is 12.7. The van der Waals surface area contributed by atoms with Crippen LogP contribution in [0, 0.1) is 5.41 Å². The zero-order chi connectivity index (χ0) is 16.3. The van der Waals surface area contributed by atoms with E-state index in [0.717, 1.165) is 24.8 Å². The number of hydrogen-bond acceptors (Lipinski definition) is 4. The van der Waals surface area contributed by atoms with E-state index in [2.05, 4.69) is 29.6 Å². The molecule has 6 heteroatoms. The number of amides is 1. The SMILES string of the molecule is CCC1(CC)C(NC(=O)C(NC)c2cnn(C)c2)CC1OC. The summed E-state index contributed by atoms with van der Waals surface area (Å²) in [7, 11) is 5.40. The first kappa shape index (κ1) is 17.0. The van der Waals surface area contributed by atoms with Crippen molar-refractivity contribution in [3.63, 3.8) is 0 Å². The number of aryl methyl sites for hydroxylation is 1. The molecule has 1 aromatic heterocycles. The molecular weight excluding hydrogens is 280 g/mol. The number of ether oxygens (including phenoxy) is 1. The number of nitrogens with one attached hydrogen (secondary N) is 2. The van der Waals surface area contributed by atoms with Crippen LogP contribution >= 0.6 is 0 Å². The van der Waals surface area contributed by atoms with Crippen molar-refractivity contribution in [3.8, 4) is 0 Å². The van der Waals surface area contributed by atoms with E-state index in [1.807, 2.05) is 13.2 Å². The van der Waals surface area contributed by atoms with Gasteiger partial charge in [0.15, 0.2) is 0 Å². The highest BCUT2D eigenvalue weighted by Gasteiger charge is 2.53. The van der Waals surface area contributed by atoms with Crippen molar-refractivity contribution in [2.24, 2.45) is 12.5 Å². The lowest BCUT2D eigenvalue weighted by Crippen LogP contribution is -2.65. The lowest BCUT2D eigenvalue weighted by molar-refractivity contribution is -0.142. The molecule has 124 valence electrons. The van der Waals surface area contributed by atoms with Gasteiger partial charge in [0.2, 0.25) is 5.91 Å². The summed E-state index contributed by atoms with van der Waals surface area (Å²) < 4.78 is 7.30. The molecule has 22 heavy (non-hydrogen) atoms. The van der Waals surface area contributed by atoms with Gasteiger partial charge in [-0.15, -0.1) is 0 Å². The molecule has 1 saturated carbocycles. The van der Waals surface area contributed by atoms with Crippen molar-refractivity contribution in [1.29, 1.82) is 0 Å². The Morgan fingerprint density at radius 3 is 2.68 bits per heavy atom. The van der Waals surface area contributed by atoms with Crippen LogP contribution in [0.5, 0.6) is 0 Å². The first-order chi connectivity index (χ1) is 10.5. The molecule has 3 atom stereocenters. The van der Waals surface area contributed by atoms with Crippen LogP contribution in [-0.4, -0.2) is 42.0 Å². The van der Waals surface area contributed by atoms with Gasteiger partial charge in [-0.1, -0.05) is 13.8 Å². The smallest absolute Gasteiger partial charge is 0.242 e. The molecule has 1 aliphatic carbocycles. The quantitative estimate of drug-likeness (QED) is 0.799. The van der Waals surface area contributed by atoms with Crippen LogP contribution < -0.4 is 10.6 Å². The van der Waals surface area contributed by atoms with Crippen LogP contribution in [-0.2, 0) is 16.6 Å². The van der Waals surface area contributed by atoms with E-state index in [4.69, 9.17) is 4.74 Å². The molecule has 1 aromatic rings. The Morgan fingerprint density at radius 2 is 2.23 bits per heavy atom. The van der Waals surface area contributed by atoms with E-state index < -0.39 is 0 Å². The number of hydrogen-bond donors (Lipinski definition) is 2. The molecule has 1 amide bonds. The van der Waals surface area contributed by atoms with Gasteiger partial charge in [-0.25, -0.2) is 0 Å². The molecule has 3 unspecified atom stereocenters. The zero-order valence-electron chi connectivity index (χ0n) is 14.2. The van der Waals surface area contributed by atoms with E-state index in [1.165, 1.54) is 0 Å². The summed E-state index contributed by atoms with van der Waals surface area (Å²) in [6.07, 6.45) is 6.72. The van der Waals surface area contributed by atoms with Gasteiger partial charge in [-0.3, -0.25) is 9.48 Å². The van der Waals surface area contributed by atoms with Gasteiger partial charge in [0.25, 0.3) is 0 Å². The minimum Gasteiger partial charge on any atom is -0.381 e. The Labute approximate surface area is 132 Å². The fourth-order valence-corrected chi connectivity index (χ4v) is 3.77. The average Bonchev–Trinajstić information content (AvgIpc) is 2.91. The number of nitrogens with zero attached hydrogens (tertiary/aromatic N) is 2. The van der Waals surface area contributed by atoms with Crippen molar-refractivity contribution in [3.05, 3.63) is 18.0 Å². The highest BCUT2D eigenvalue weighted by atomic mass is 16.5. The van der Waals surface area contributed by atoms with E-state index in [0.29, 0.717) is 0 Å². The summed E-state index contributed by atoms with van der Waals surface area (Å²) in [6, 6.07) is -0.200. The van der Waals surface area contributed by atoms with Crippen molar-refractivity contribution < 1.29 is 9.53 Å². The molecule has 0 bridgehead atoms. The molecule has 1 fully saturated rings. The van der Waals surface area contributed by atoms with Gasteiger partial charge < -0.3 is 15.4 Å². The number of rotatable bonds is 7. The number of methoxy groups -OCH3 is 1. The number of aromatic nitrogens is 2. The molecule has 1 heterocycles. The third-order valence-electron chi connectivity index (χ3n) is 5.31. The summed E-state index contributed by atoms with van der Waals surface area (Å²) in [5.41, 5.74) is 0.932. The van der Waals surface area contributed by atoms with Crippen LogP contribution in [0.3, 0.4) is 0 Å². The van der Waals surface area contributed by atoms with Gasteiger partial charge in [0.05, 0.1) is 12.3 Å². The van der Waals surface area contributed by atoms with E-state index in [-0.39, 0.29) is 29.5 Å². The fourth-order valence-electron chi connectivity index (χ4n) is 3.77. The molecule has 0 spiro atoms. The lowest BCUT2D eigenvalue weighted by atomic mass is 9.58. The van der Waals surface area contributed by atoms with Crippen molar-refractivity contribution >= 4 is 5.91 Å². The Bertz CT molecular complexity index is 510. The second-order valence-electron chi connectivity index (χ2n) is 6.13. The second-order valence-corrected chi connectivity index (χ2v) is 6.13. The highest BCUT2D eigenvalue weighted by molar-refractivity contribution is 5.83. The molecule has 2 N–H and O–H groups in total. The molecule has 0 aliphatic heterocycles. The van der Waals surface area contributed by atoms with Crippen LogP contribution in [0.1, 0.15) is 44.7 Å². The topological polar surface area (TPSA) is 68.2 Å². The predicted molar refractivity (Wildman–Crippen MR) is 85.4 cm³/mol. The summed E-state index contributed by atoms with van der Waals surface area (Å²) in [5, 5.41) is 10.4. The van der Waals surface area contributed by atoms with Gasteiger partial charge in [-0.2, -0.15) is 5.10 Å². The predicted octanol–water partition coefficient (Wildman–Crippen LogP) is 1.39. The normalized spacial score (nSPS) is 24.6. The van der Waals surface area contributed by atoms with Gasteiger partial charge >= 0.3 is 0 Å². The first-order valence-corrected chi connectivity index (χ1v) is 8.01. The third-order valence-corrected chi connectivity index (χ3v) is 5.31. The monoisotopic (exact) mass is 308 g/mol. The first-order valence-electron chi connectivity index (χ1n) is 8.01. The van der Waals surface area contributed by atoms with Crippen LogP contribution in [0.25, 0.3) is 0 Å². The molecule has 2 rings (SSSR count). The maximum Gasteiger partial charge on any atom is 0.242 e. The average molecular weight is 308 g/mol. The van der Waals surface area contributed by atoms with Gasteiger partial charge in [0.1, 0.15) is 6.04 Å². The van der Waals surface area contributed by atoms with E-state index in [1.54, 1.807) is 25.0 Å². The molecule has 1 aliphatic rings. The van der Waals surface area contributed by atoms with E-state index in [9.17, 15) is 4.79 Å². The Morgan fingerprint density at radius 1 is 1.55 bits per heavy atom. The Kier molecular flexibility index (Phi) is 5.24. The Hall–Kier alpha value is -1.40. The van der Waals surface area contributed by atoms with Crippen molar-refractivity contribution in [2.45, 2.75) is 51.3 Å². The summed E-state index contributed by atoms with van der Waals surface area (Å²) in [5.74, 6) is 0.00123. The standard InChI is InChI=1S/C16H28N4O2/c1-6-16(7-2)12(8-13(16)22-5)19-15(21)14(17-3)11-9-18-20(4)10-11/h9-10,12-14,17H,6-8H2,1-5H3,(H,19,21). The second kappa shape index (κ2) is 6.79. The van der Waals surface area contributed by atoms with Crippen LogP contribution in [0.2, 0.25) is 0 Å². The molecule has 6 nitrogen and oxygen atoms in total. The van der Waals surface area contributed by atoms with Gasteiger partial charge in [-0.05, 0) is 26.3 Å². The van der Waals surface area contributed by atoms with Crippen molar-refractivity contribution in [1.82, 2.24) is 20.4 Å². The Balaban J connectivity index is 2.08. The lowest BCUT2D eigenvalue weighted by Gasteiger charge is -2.55. The van der Waals surface area contributed by atoms with Gasteiger partial charge in [0, 0.05) is 37.4 Å². The number of carbonyl (C=O) groups excluding carboxylic acids is 1. The van der Waals surface area contributed by atoms with E-state index >= 15 is 0 Å². The number of likely N-dealkylation sites (N-methyl/N-ethyl adjacent to an activating group) is 1. The van der Waals surface area contributed by atoms with Crippen LogP contribution in [0.4, 0.5) is 0 Å². The fraction of sp³-hybridized carbons (Fsp3) is 0.750. The summed E-state index contributed by atoms with van der Waals surface area (Å²) in [6.45, 7) is 4.34. The van der Waals surface area contributed by atoms with Crippen molar-refractivity contribution in [2.75, 3.05) is 14.2 Å². The maximum absolute atomic E-state index is 12.7. The zero-order valence-corrected chi connectivity index (χ0v) is 14.2. The maximum atomic E-state index is 12.7. The highest BCUT2D eigenvalue weighted by Crippen LogP contribution is 2.48. The molecule has 0 saturated heterocycles.